The fourth-order valence-corrected chi connectivity index (χ4v) is 5.64. The third kappa shape index (κ3) is 4.71. The molecule has 7 heteroatoms. The Morgan fingerprint density at radius 1 is 1.00 bits per heavy atom. The lowest BCUT2D eigenvalue weighted by atomic mass is 9.96. The lowest BCUT2D eigenvalue weighted by Crippen LogP contribution is -2.35. The SMILES string of the molecule is Cc1cc(C)c([C@H](C)NC(=O)c2cc(S(=O)(=O)N3CCCCC3)ccc2Cl)cc1C. The predicted molar refractivity (Wildman–Crippen MR) is 121 cm³/mol. The molecular formula is C23H29ClN2O3S. The molecule has 1 fully saturated rings. The first kappa shape index (κ1) is 22.8. The van der Waals surface area contributed by atoms with Crippen LogP contribution in [0, 0.1) is 20.8 Å². The van der Waals surface area contributed by atoms with Crippen molar-refractivity contribution in [1.82, 2.24) is 9.62 Å². The number of nitrogens with zero attached hydrogens (tertiary/aromatic N) is 1. The number of aryl methyl sites for hydroxylation is 3. The van der Waals surface area contributed by atoms with E-state index in [0.29, 0.717) is 13.1 Å². The summed E-state index contributed by atoms with van der Waals surface area (Å²) in [6, 6.07) is 8.29. The van der Waals surface area contributed by atoms with Gasteiger partial charge < -0.3 is 5.32 Å². The first-order valence-electron chi connectivity index (χ1n) is 10.3. The average molecular weight is 449 g/mol. The number of nitrogens with one attached hydrogen (secondary N) is 1. The van der Waals surface area contributed by atoms with Gasteiger partial charge >= 0.3 is 0 Å². The van der Waals surface area contributed by atoms with Gasteiger partial charge in [-0.15, -0.1) is 0 Å². The monoisotopic (exact) mass is 448 g/mol. The molecule has 2 aromatic rings. The van der Waals surface area contributed by atoms with E-state index in [9.17, 15) is 13.2 Å². The van der Waals surface area contributed by atoms with Gasteiger partial charge in [-0.3, -0.25) is 4.79 Å². The Bertz CT molecular complexity index is 1060. The molecule has 162 valence electrons. The molecule has 0 aromatic heterocycles. The van der Waals surface area contributed by atoms with Gasteiger partial charge in [-0.1, -0.05) is 30.2 Å². The van der Waals surface area contributed by atoms with E-state index in [0.717, 1.165) is 36.0 Å². The van der Waals surface area contributed by atoms with E-state index in [1.54, 1.807) is 0 Å². The fraction of sp³-hybridized carbons (Fsp3) is 0.435. The average Bonchev–Trinajstić information content (AvgIpc) is 2.71. The zero-order chi connectivity index (χ0) is 22.1. The lowest BCUT2D eigenvalue weighted by Gasteiger charge is -2.26. The van der Waals surface area contributed by atoms with Crippen LogP contribution >= 0.6 is 11.6 Å². The van der Waals surface area contributed by atoms with Gasteiger partial charge in [0.2, 0.25) is 10.0 Å². The quantitative estimate of drug-likeness (QED) is 0.705. The van der Waals surface area contributed by atoms with Crippen LogP contribution in [-0.4, -0.2) is 31.7 Å². The van der Waals surface area contributed by atoms with E-state index in [-0.39, 0.29) is 27.4 Å². The maximum atomic E-state index is 13.0. The van der Waals surface area contributed by atoms with Crippen molar-refractivity contribution < 1.29 is 13.2 Å². The van der Waals surface area contributed by atoms with Crippen LogP contribution in [0.1, 0.15) is 64.8 Å². The number of sulfonamides is 1. The number of hydrogen-bond donors (Lipinski definition) is 1. The van der Waals surface area contributed by atoms with Crippen LogP contribution in [0.25, 0.3) is 0 Å². The summed E-state index contributed by atoms with van der Waals surface area (Å²) in [7, 11) is -3.64. The summed E-state index contributed by atoms with van der Waals surface area (Å²) in [5.41, 5.74) is 4.65. The maximum absolute atomic E-state index is 13.0. The molecule has 1 amide bonds. The Hall–Kier alpha value is -1.89. The smallest absolute Gasteiger partial charge is 0.253 e. The van der Waals surface area contributed by atoms with Gasteiger partial charge in [-0.25, -0.2) is 8.42 Å². The van der Waals surface area contributed by atoms with Gasteiger partial charge in [-0.2, -0.15) is 4.31 Å². The number of benzene rings is 2. The first-order chi connectivity index (χ1) is 14.1. The van der Waals surface area contributed by atoms with Gasteiger partial charge in [0.1, 0.15) is 0 Å². The molecule has 1 N–H and O–H groups in total. The van der Waals surface area contributed by atoms with E-state index >= 15 is 0 Å². The minimum absolute atomic E-state index is 0.106. The maximum Gasteiger partial charge on any atom is 0.253 e. The van der Waals surface area contributed by atoms with Crippen LogP contribution in [0.3, 0.4) is 0 Å². The van der Waals surface area contributed by atoms with Crippen molar-refractivity contribution >= 4 is 27.5 Å². The number of piperidine rings is 1. The first-order valence-corrected chi connectivity index (χ1v) is 12.1. The molecule has 1 atom stereocenters. The normalized spacial score (nSPS) is 16.3. The van der Waals surface area contributed by atoms with Gasteiger partial charge in [0.05, 0.1) is 21.5 Å². The Kier molecular flexibility index (Phi) is 6.90. The zero-order valence-electron chi connectivity index (χ0n) is 18.0. The van der Waals surface area contributed by atoms with Crippen molar-refractivity contribution in [3.8, 4) is 0 Å². The predicted octanol–water partition coefficient (Wildman–Crippen LogP) is 4.93. The molecule has 0 radical (unpaired) electrons. The highest BCUT2D eigenvalue weighted by molar-refractivity contribution is 7.89. The molecule has 5 nitrogen and oxygen atoms in total. The second-order valence-electron chi connectivity index (χ2n) is 8.09. The summed E-state index contributed by atoms with van der Waals surface area (Å²) >= 11 is 6.26. The standard InChI is InChI=1S/C23H29ClN2O3S/c1-15-12-17(3)20(13-16(15)2)18(4)25-23(27)21-14-19(8-9-22(21)24)30(28,29)26-10-6-5-7-11-26/h8-9,12-14,18H,5-7,10-11H2,1-4H3,(H,25,27)/t18-/m0/s1. The molecule has 3 rings (SSSR count). The molecule has 0 saturated carbocycles. The van der Waals surface area contributed by atoms with Crippen molar-refractivity contribution in [3.63, 3.8) is 0 Å². The van der Waals surface area contributed by atoms with Crippen LogP contribution in [0.2, 0.25) is 5.02 Å². The van der Waals surface area contributed by atoms with Crippen LogP contribution in [0.5, 0.6) is 0 Å². The van der Waals surface area contributed by atoms with Crippen molar-refractivity contribution in [2.75, 3.05) is 13.1 Å². The van der Waals surface area contributed by atoms with E-state index in [1.807, 2.05) is 20.8 Å². The van der Waals surface area contributed by atoms with E-state index in [2.05, 4.69) is 24.4 Å². The molecule has 0 spiro atoms. The van der Waals surface area contributed by atoms with Gasteiger partial charge in [0.25, 0.3) is 5.91 Å². The van der Waals surface area contributed by atoms with Gasteiger partial charge in [-0.05, 0) is 81.0 Å². The largest absolute Gasteiger partial charge is 0.345 e. The Morgan fingerprint density at radius 3 is 2.30 bits per heavy atom. The van der Waals surface area contributed by atoms with Crippen LogP contribution < -0.4 is 5.32 Å². The molecule has 1 aliphatic rings. The second kappa shape index (κ2) is 9.08. The molecule has 0 bridgehead atoms. The fourth-order valence-electron chi connectivity index (χ4n) is 3.89. The van der Waals surface area contributed by atoms with Crippen molar-refractivity contribution in [2.24, 2.45) is 0 Å². The highest BCUT2D eigenvalue weighted by Crippen LogP contribution is 2.27. The molecule has 0 unspecified atom stereocenters. The van der Waals surface area contributed by atoms with Crippen LogP contribution in [0.4, 0.5) is 0 Å². The Labute approximate surface area is 184 Å². The topological polar surface area (TPSA) is 66.5 Å². The second-order valence-corrected chi connectivity index (χ2v) is 10.4. The van der Waals surface area contributed by atoms with Crippen LogP contribution in [-0.2, 0) is 10.0 Å². The number of rotatable bonds is 5. The molecule has 1 aliphatic heterocycles. The highest BCUT2D eigenvalue weighted by atomic mass is 35.5. The Balaban J connectivity index is 1.86. The van der Waals surface area contributed by atoms with E-state index < -0.39 is 10.0 Å². The van der Waals surface area contributed by atoms with E-state index in [4.69, 9.17) is 11.6 Å². The number of amides is 1. The number of carbonyl (C=O) groups excluding carboxylic acids is 1. The Morgan fingerprint density at radius 2 is 1.63 bits per heavy atom. The third-order valence-corrected chi connectivity index (χ3v) is 8.06. The van der Waals surface area contributed by atoms with Gasteiger partial charge in [0, 0.05) is 13.1 Å². The summed E-state index contributed by atoms with van der Waals surface area (Å²) in [4.78, 5) is 13.1. The summed E-state index contributed by atoms with van der Waals surface area (Å²) in [6.07, 6.45) is 2.75. The summed E-state index contributed by atoms with van der Waals surface area (Å²) < 4.78 is 27.5. The molecule has 30 heavy (non-hydrogen) atoms. The number of hydrogen-bond acceptors (Lipinski definition) is 3. The number of carbonyl (C=O) groups is 1. The third-order valence-electron chi connectivity index (χ3n) is 5.83. The minimum atomic E-state index is -3.64. The summed E-state index contributed by atoms with van der Waals surface area (Å²) in [6.45, 7) is 9.05. The molecule has 1 saturated heterocycles. The van der Waals surface area contributed by atoms with Crippen molar-refractivity contribution in [1.29, 1.82) is 0 Å². The highest BCUT2D eigenvalue weighted by Gasteiger charge is 2.27. The molecule has 1 heterocycles. The summed E-state index contributed by atoms with van der Waals surface area (Å²) in [5.74, 6) is -0.388. The van der Waals surface area contributed by atoms with Gasteiger partial charge in [0.15, 0.2) is 0 Å². The van der Waals surface area contributed by atoms with Crippen molar-refractivity contribution in [2.45, 2.75) is 57.9 Å². The minimum Gasteiger partial charge on any atom is -0.345 e. The summed E-state index contributed by atoms with van der Waals surface area (Å²) in [5, 5.41) is 3.20. The molecular weight excluding hydrogens is 420 g/mol. The molecule has 2 aromatic carbocycles. The molecule has 0 aliphatic carbocycles. The van der Waals surface area contributed by atoms with E-state index in [1.165, 1.54) is 28.1 Å². The van der Waals surface area contributed by atoms with Crippen LogP contribution in [0.15, 0.2) is 35.2 Å². The number of halogens is 1. The van der Waals surface area contributed by atoms with Crippen molar-refractivity contribution in [3.05, 3.63) is 63.2 Å². The lowest BCUT2D eigenvalue weighted by molar-refractivity contribution is 0.0939. The zero-order valence-corrected chi connectivity index (χ0v) is 19.5.